The normalized spacial score (nSPS) is 23.2. The molecule has 0 aliphatic heterocycles. The molecule has 6 heteroatoms. The lowest BCUT2D eigenvalue weighted by molar-refractivity contribution is -0.137. The molecule has 1 aliphatic rings. The van der Waals surface area contributed by atoms with Gasteiger partial charge in [-0.2, -0.15) is 13.2 Å². The summed E-state index contributed by atoms with van der Waals surface area (Å²) in [5.74, 6) is -3.94. The number of benzene rings is 1. The summed E-state index contributed by atoms with van der Waals surface area (Å²) in [5, 5.41) is 0. The Morgan fingerprint density at radius 3 is 2.19 bits per heavy atom. The molecule has 2 rings (SSSR count). The summed E-state index contributed by atoms with van der Waals surface area (Å²) in [6.45, 7) is 0. The molecule has 0 heterocycles. The third kappa shape index (κ3) is 2.21. The van der Waals surface area contributed by atoms with E-state index in [2.05, 4.69) is 15.9 Å². The summed E-state index contributed by atoms with van der Waals surface area (Å²) in [6.07, 6.45) is -4.89. The highest BCUT2D eigenvalue weighted by atomic mass is 79.9. The van der Waals surface area contributed by atoms with Gasteiger partial charge < -0.3 is 0 Å². The van der Waals surface area contributed by atoms with Crippen LogP contribution in [0.4, 0.5) is 22.0 Å². The fraction of sp³-hybridized carbons (Fsp3) is 0.400. The van der Waals surface area contributed by atoms with E-state index in [-0.39, 0.29) is 16.5 Å². The molecule has 16 heavy (non-hydrogen) atoms. The Labute approximate surface area is 96.6 Å². The van der Waals surface area contributed by atoms with Crippen molar-refractivity contribution < 1.29 is 22.0 Å². The third-order valence-electron chi connectivity index (χ3n) is 2.48. The average Bonchev–Trinajstić information content (AvgIpc) is 2.72. The summed E-state index contributed by atoms with van der Waals surface area (Å²) >= 11 is 2.89. The summed E-state index contributed by atoms with van der Waals surface area (Å²) in [5.41, 5.74) is -0.869. The zero-order valence-corrected chi connectivity index (χ0v) is 9.37. The van der Waals surface area contributed by atoms with Gasteiger partial charge in [-0.25, -0.2) is 8.78 Å². The smallest absolute Gasteiger partial charge is 0.206 e. The maximum atomic E-state index is 12.7. The molecule has 1 fully saturated rings. The van der Waals surface area contributed by atoms with Crippen LogP contribution in [-0.2, 0) is 6.18 Å². The Hall–Kier alpha value is -0.650. The van der Waals surface area contributed by atoms with Gasteiger partial charge in [0.1, 0.15) is 0 Å². The number of alkyl halides is 5. The van der Waals surface area contributed by atoms with Gasteiger partial charge in [-0.1, -0.05) is 15.9 Å². The predicted molar refractivity (Wildman–Crippen MR) is 51.4 cm³/mol. The van der Waals surface area contributed by atoms with Crippen LogP contribution in [-0.4, -0.2) is 5.92 Å². The van der Waals surface area contributed by atoms with E-state index in [1.165, 1.54) is 6.07 Å². The van der Waals surface area contributed by atoms with Crippen LogP contribution >= 0.6 is 15.9 Å². The molecule has 1 unspecified atom stereocenters. The summed E-state index contributed by atoms with van der Waals surface area (Å²) in [4.78, 5) is 0. The monoisotopic (exact) mass is 300 g/mol. The first-order valence-electron chi connectivity index (χ1n) is 4.46. The third-order valence-corrected chi connectivity index (χ3v) is 2.93. The van der Waals surface area contributed by atoms with Crippen LogP contribution in [0, 0.1) is 0 Å². The molecule has 1 atom stereocenters. The molecule has 0 N–H and O–H groups in total. The van der Waals surface area contributed by atoms with Gasteiger partial charge in [0, 0.05) is 10.9 Å². The molecule has 1 aromatic rings. The maximum absolute atomic E-state index is 12.7. The van der Waals surface area contributed by atoms with E-state index in [0.717, 1.165) is 12.1 Å². The largest absolute Gasteiger partial charge is 0.416 e. The van der Waals surface area contributed by atoms with Gasteiger partial charge in [0.05, 0.1) is 11.5 Å². The van der Waals surface area contributed by atoms with Crippen LogP contribution in [0.5, 0.6) is 0 Å². The fourth-order valence-electron chi connectivity index (χ4n) is 1.55. The number of hydrogen-bond donors (Lipinski definition) is 0. The molecule has 1 aromatic carbocycles. The van der Waals surface area contributed by atoms with Gasteiger partial charge in [0.25, 0.3) is 5.92 Å². The molecular weight excluding hydrogens is 295 g/mol. The average molecular weight is 301 g/mol. The van der Waals surface area contributed by atoms with Gasteiger partial charge in [-0.15, -0.1) is 0 Å². The Morgan fingerprint density at radius 2 is 1.75 bits per heavy atom. The first-order chi connectivity index (χ1) is 7.20. The highest BCUT2D eigenvalue weighted by Gasteiger charge is 2.57. The van der Waals surface area contributed by atoms with Crippen LogP contribution in [0.25, 0.3) is 0 Å². The van der Waals surface area contributed by atoms with Crippen molar-refractivity contribution in [3.63, 3.8) is 0 Å². The van der Waals surface area contributed by atoms with Crippen molar-refractivity contribution in [2.45, 2.75) is 24.4 Å². The minimum atomic E-state index is -4.51. The molecule has 0 spiro atoms. The zero-order chi connectivity index (χ0) is 12.1. The second-order valence-corrected chi connectivity index (χ2v) is 4.70. The molecule has 0 aromatic heterocycles. The SMILES string of the molecule is FC(F)(F)c1cc(Br)cc(C2CC2(F)F)c1. The zero-order valence-electron chi connectivity index (χ0n) is 7.78. The van der Waals surface area contributed by atoms with E-state index in [1.807, 2.05) is 0 Å². The van der Waals surface area contributed by atoms with Crippen molar-refractivity contribution in [1.29, 1.82) is 0 Å². The number of rotatable bonds is 1. The summed E-state index contributed by atoms with van der Waals surface area (Å²) in [6, 6.07) is 2.97. The lowest BCUT2D eigenvalue weighted by Crippen LogP contribution is -2.06. The van der Waals surface area contributed by atoms with Crippen LogP contribution in [0.3, 0.4) is 0 Å². The van der Waals surface area contributed by atoms with Crippen molar-refractivity contribution in [2.24, 2.45) is 0 Å². The summed E-state index contributed by atoms with van der Waals surface area (Å²) in [7, 11) is 0. The minimum Gasteiger partial charge on any atom is -0.206 e. The van der Waals surface area contributed by atoms with Crippen molar-refractivity contribution in [2.75, 3.05) is 0 Å². The van der Waals surface area contributed by atoms with Crippen molar-refractivity contribution >= 4 is 15.9 Å². The van der Waals surface area contributed by atoms with Crippen LogP contribution in [0.2, 0.25) is 0 Å². The van der Waals surface area contributed by atoms with Gasteiger partial charge >= 0.3 is 6.18 Å². The lowest BCUT2D eigenvalue weighted by Gasteiger charge is -2.09. The van der Waals surface area contributed by atoms with E-state index in [9.17, 15) is 22.0 Å². The van der Waals surface area contributed by atoms with Gasteiger partial charge in [-0.3, -0.25) is 0 Å². The first kappa shape index (κ1) is 11.8. The predicted octanol–water partition coefficient (Wildman–Crippen LogP) is 4.59. The van der Waals surface area contributed by atoms with Gasteiger partial charge in [0.2, 0.25) is 0 Å². The van der Waals surface area contributed by atoms with Gasteiger partial charge in [-0.05, 0) is 23.8 Å². The Balaban J connectivity index is 2.38. The van der Waals surface area contributed by atoms with Crippen molar-refractivity contribution in [1.82, 2.24) is 0 Å². The summed E-state index contributed by atoms with van der Waals surface area (Å²) < 4.78 is 62.9. The Kier molecular flexibility index (Phi) is 2.53. The number of hydrogen-bond acceptors (Lipinski definition) is 0. The molecule has 88 valence electrons. The fourth-order valence-corrected chi connectivity index (χ4v) is 2.06. The molecule has 0 radical (unpaired) electrons. The van der Waals surface area contributed by atoms with Crippen LogP contribution in [0.1, 0.15) is 23.5 Å². The topological polar surface area (TPSA) is 0 Å². The van der Waals surface area contributed by atoms with Crippen LogP contribution < -0.4 is 0 Å². The Bertz CT molecular complexity index is 424. The second kappa shape index (κ2) is 3.42. The highest BCUT2D eigenvalue weighted by Crippen LogP contribution is 2.56. The molecule has 0 amide bonds. The first-order valence-corrected chi connectivity index (χ1v) is 5.25. The van der Waals surface area contributed by atoms with E-state index in [1.54, 1.807) is 0 Å². The second-order valence-electron chi connectivity index (χ2n) is 3.79. The van der Waals surface area contributed by atoms with Crippen LogP contribution in [0.15, 0.2) is 22.7 Å². The maximum Gasteiger partial charge on any atom is 0.416 e. The molecule has 0 bridgehead atoms. The molecule has 1 saturated carbocycles. The molecule has 1 aliphatic carbocycles. The van der Waals surface area contributed by atoms with E-state index in [0.29, 0.717) is 0 Å². The van der Waals surface area contributed by atoms with Gasteiger partial charge in [0.15, 0.2) is 0 Å². The van der Waals surface area contributed by atoms with E-state index >= 15 is 0 Å². The molecule has 0 nitrogen and oxygen atoms in total. The Morgan fingerprint density at radius 1 is 1.19 bits per heavy atom. The highest BCUT2D eigenvalue weighted by molar-refractivity contribution is 9.10. The minimum absolute atomic E-state index is 0.0340. The quantitative estimate of drug-likeness (QED) is 0.665. The lowest BCUT2D eigenvalue weighted by atomic mass is 10.1. The molecular formula is C10H6BrF5. The standard InChI is InChI=1S/C10H6BrF5/c11-7-2-5(8-4-9(8,12)13)1-6(3-7)10(14,15)16/h1-3,8H,4H2. The van der Waals surface area contributed by atoms with E-state index in [4.69, 9.17) is 0 Å². The van der Waals surface area contributed by atoms with E-state index < -0.39 is 23.6 Å². The van der Waals surface area contributed by atoms with Crippen molar-refractivity contribution in [3.8, 4) is 0 Å². The number of halogens is 6. The molecule has 0 saturated heterocycles. The van der Waals surface area contributed by atoms with Crippen molar-refractivity contribution in [3.05, 3.63) is 33.8 Å².